The predicted molar refractivity (Wildman–Crippen MR) is 95.3 cm³/mol. The summed E-state index contributed by atoms with van der Waals surface area (Å²) in [5.41, 5.74) is 0. The van der Waals surface area contributed by atoms with Crippen LogP contribution < -0.4 is 0 Å². The Morgan fingerprint density at radius 2 is 1.38 bits per heavy atom. The Labute approximate surface area is 169 Å². The number of rotatable bonds is 15. The van der Waals surface area contributed by atoms with Crippen LogP contribution in [-0.2, 0) is 24.1 Å². The molecule has 1 radical (unpaired) electrons. The van der Waals surface area contributed by atoms with E-state index in [1.807, 2.05) is 0 Å². The number of hydrogen-bond donors (Lipinski definition) is 1. The maximum Gasteiger partial charge on any atom is 0.398 e. The molecule has 6 nitrogen and oxygen atoms in total. The zero-order chi connectivity index (χ0) is 17.6. The molecule has 1 unspecified atom stereocenters. The van der Waals surface area contributed by atoms with E-state index in [0.717, 1.165) is 19.3 Å². The van der Waals surface area contributed by atoms with E-state index in [9.17, 15) is 13.2 Å². The van der Waals surface area contributed by atoms with Gasteiger partial charge in [0.2, 0.25) is 0 Å². The number of esters is 1. The van der Waals surface area contributed by atoms with Crippen LogP contribution in [0.25, 0.3) is 0 Å². The molecule has 0 amide bonds. The zero-order valence-electron chi connectivity index (χ0n) is 15.5. The summed E-state index contributed by atoms with van der Waals surface area (Å²) in [6.07, 6.45) is 10.7. The molecule has 8 heteroatoms. The minimum Gasteiger partial charge on any atom is -0.464 e. The first kappa shape index (κ1) is 26.6. The van der Waals surface area contributed by atoms with Crippen molar-refractivity contribution in [1.82, 2.24) is 0 Å². The van der Waals surface area contributed by atoms with Gasteiger partial charge in [0.25, 0.3) is 0 Å². The molecule has 0 aromatic heterocycles. The van der Waals surface area contributed by atoms with E-state index in [-0.39, 0.29) is 42.6 Å². The van der Waals surface area contributed by atoms with Crippen LogP contribution in [0.2, 0.25) is 0 Å². The second-order valence-electron chi connectivity index (χ2n) is 5.77. The molecule has 139 valence electrons. The van der Waals surface area contributed by atoms with Crippen molar-refractivity contribution < 1.29 is 26.7 Å². The van der Waals surface area contributed by atoms with E-state index in [1.165, 1.54) is 44.9 Å². The molecule has 1 atom stereocenters. The molecule has 0 aliphatic heterocycles. The van der Waals surface area contributed by atoms with E-state index in [1.54, 1.807) is 6.92 Å². The maximum atomic E-state index is 11.6. The first-order valence-electron chi connectivity index (χ1n) is 8.73. The van der Waals surface area contributed by atoms with Gasteiger partial charge in [-0.05, 0) is 12.8 Å². The molecule has 0 aromatic rings. The van der Waals surface area contributed by atoms with Gasteiger partial charge < -0.3 is 4.74 Å². The first-order valence-corrected chi connectivity index (χ1v) is 10.1. The van der Waals surface area contributed by atoms with E-state index >= 15 is 0 Å². The molecular weight excluding hydrogens is 343 g/mol. The molecule has 0 rings (SSSR count). The average molecular weight is 375 g/mol. The maximum absolute atomic E-state index is 11.6. The molecule has 24 heavy (non-hydrogen) atoms. The van der Waals surface area contributed by atoms with Crippen LogP contribution >= 0.6 is 0 Å². The molecule has 0 fully saturated rings. The third-order valence-electron chi connectivity index (χ3n) is 3.61. The van der Waals surface area contributed by atoms with Crippen LogP contribution in [0.1, 0.15) is 84.5 Å². The largest absolute Gasteiger partial charge is 0.464 e. The van der Waals surface area contributed by atoms with Crippen molar-refractivity contribution in [2.45, 2.75) is 90.6 Å². The molecule has 0 heterocycles. The molecule has 0 aliphatic rings. The monoisotopic (exact) mass is 375 g/mol. The van der Waals surface area contributed by atoms with Crippen molar-refractivity contribution in [1.29, 1.82) is 0 Å². The summed E-state index contributed by atoms with van der Waals surface area (Å²) >= 11 is 0. The number of ether oxygens (including phenoxy) is 1. The normalized spacial score (nSPS) is 12.5. The van der Waals surface area contributed by atoms with Crippen LogP contribution in [0.4, 0.5) is 0 Å². The summed E-state index contributed by atoms with van der Waals surface area (Å²) in [5, 5.41) is 0. The summed E-state index contributed by atoms with van der Waals surface area (Å²) in [6, 6.07) is 0. The summed E-state index contributed by atoms with van der Waals surface area (Å²) in [7, 11) is -4.64. The summed E-state index contributed by atoms with van der Waals surface area (Å²) in [4.78, 5) is 11.6. The Balaban J connectivity index is 0. The van der Waals surface area contributed by atoms with Gasteiger partial charge in [-0.25, -0.2) is 8.98 Å². The van der Waals surface area contributed by atoms with Gasteiger partial charge in [0.05, 0.1) is 6.61 Å². The van der Waals surface area contributed by atoms with Crippen LogP contribution in [0.15, 0.2) is 0 Å². The Bertz CT molecular complexity index is 399. The minimum absolute atomic E-state index is 0. The summed E-state index contributed by atoms with van der Waals surface area (Å²) in [5.74, 6) is -0.749. The number of hydrogen-bond acceptors (Lipinski definition) is 5. The van der Waals surface area contributed by atoms with Crippen LogP contribution in [0.3, 0.4) is 0 Å². The Hall–Kier alpha value is 0.340. The van der Waals surface area contributed by atoms with Gasteiger partial charge in [0.15, 0.2) is 6.10 Å². The second-order valence-corrected chi connectivity index (χ2v) is 6.82. The molecule has 0 saturated heterocycles. The van der Waals surface area contributed by atoms with Crippen molar-refractivity contribution in [3.8, 4) is 0 Å². The van der Waals surface area contributed by atoms with Crippen LogP contribution in [0.5, 0.6) is 0 Å². The summed E-state index contributed by atoms with van der Waals surface area (Å²) < 4.78 is 39.0. The predicted octanol–water partition coefficient (Wildman–Crippen LogP) is 3.67. The first-order chi connectivity index (χ1) is 10.9. The molecule has 0 spiro atoms. The Morgan fingerprint density at radius 1 is 0.917 bits per heavy atom. The number of carbonyl (C=O) groups excluding carboxylic acids is 1. The molecule has 0 bridgehead atoms. The van der Waals surface area contributed by atoms with E-state index in [0.29, 0.717) is 0 Å². The molecule has 0 aliphatic carbocycles. The fourth-order valence-corrected chi connectivity index (χ4v) is 2.78. The molecule has 0 saturated carbocycles. The van der Waals surface area contributed by atoms with E-state index in [4.69, 9.17) is 9.29 Å². The fraction of sp³-hybridized carbons (Fsp3) is 0.938. The summed E-state index contributed by atoms with van der Waals surface area (Å²) in [6.45, 7) is 4.04. The van der Waals surface area contributed by atoms with Gasteiger partial charge in [0.1, 0.15) is 0 Å². The van der Waals surface area contributed by atoms with Crippen molar-refractivity contribution in [2.24, 2.45) is 0 Å². The van der Waals surface area contributed by atoms with E-state index < -0.39 is 22.5 Å². The van der Waals surface area contributed by atoms with Gasteiger partial charge in [-0.1, -0.05) is 71.6 Å². The van der Waals surface area contributed by atoms with Crippen molar-refractivity contribution in [3.05, 3.63) is 0 Å². The molecular formula is C16H32NaO6S. The zero-order valence-corrected chi connectivity index (χ0v) is 18.3. The third-order valence-corrected chi connectivity index (χ3v) is 4.09. The van der Waals surface area contributed by atoms with Crippen LogP contribution in [-0.4, -0.2) is 61.2 Å². The quantitative estimate of drug-likeness (QED) is 0.203. The average Bonchev–Trinajstić information content (AvgIpc) is 2.49. The third kappa shape index (κ3) is 17.2. The SMILES string of the molecule is CCCCCCCCCCCCOC(=O)C(CC)OS(=O)(=O)O.[Na]. The second kappa shape index (κ2) is 16.8. The van der Waals surface area contributed by atoms with Crippen molar-refractivity contribution >= 4 is 45.9 Å². The standard InChI is InChI=1S/C16H32O6S.Na/c1-3-5-6-7-8-9-10-11-12-13-14-21-16(17)15(4-2)22-23(18,19)20;/h15H,3-14H2,1-2H3,(H,18,19,20);. The van der Waals surface area contributed by atoms with E-state index in [2.05, 4.69) is 11.1 Å². The topological polar surface area (TPSA) is 89.9 Å². The number of unbranched alkanes of at least 4 members (excludes halogenated alkanes) is 9. The Kier molecular flexibility index (Phi) is 18.6. The van der Waals surface area contributed by atoms with Crippen molar-refractivity contribution in [3.63, 3.8) is 0 Å². The van der Waals surface area contributed by atoms with Crippen molar-refractivity contribution in [2.75, 3.05) is 6.61 Å². The fourth-order valence-electron chi connectivity index (χ4n) is 2.28. The van der Waals surface area contributed by atoms with Crippen LogP contribution in [0, 0.1) is 0 Å². The smallest absolute Gasteiger partial charge is 0.398 e. The van der Waals surface area contributed by atoms with Gasteiger partial charge >= 0.3 is 16.4 Å². The molecule has 1 N–H and O–H groups in total. The van der Waals surface area contributed by atoms with Gasteiger partial charge in [-0.2, -0.15) is 8.42 Å². The minimum atomic E-state index is -4.64. The number of carbonyl (C=O) groups is 1. The Morgan fingerprint density at radius 3 is 1.79 bits per heavy atom. The van der Waals surface area contributed by atoms with Gasteiger partial charge in [0, 0.05) is 29.6 Å². The molecule has 0 aromatic carbocycles. The van der Waals surface area contributed by atoms with Gasteiger partial charge in [-0.3, -0.25) is 4.55 Å². The van der Waals surface area contributed by atoms with Gasteiger partial charge in [-0.15, -0.1) is 0 Å².